The number of hydrogen-bond donors (Lipinski definition) is 1. The van der Waals surface area contributed by atoms with Crippen molar-refractivity contribution in [3.63, 3.8) is 0 Å². The first-order valence-electron chi connectivity index (χ1n) is 6.29. The molecule has 15 heavy (non-hydrogen) atoms. The fourth-order valence-corrected chi connectivity index (χ4v) is 2.88. The van der Waals surface area contributed by atoms with E-state index in [0.29, 0.717) is 12.0 Å². The predicted molar refractivity (Wildman–Crippen MR) is 62.8 cm³/mol. The number of piperidine rings is 2. The summed E-state index contributed by atoms with van der Waals surface area (Å²) in [6.07, 6.45) is 6.99. The lowest BCUT2D eigenvalue weighted by Gasteiger charge is -2.42. The average molecular weight is 209 g/mol. The van der Waals surface area contributed by atoms with Crippen LogP contribution < -0.4 is 0 Å². The quantitative estimate of drug-likeness (QED) is 0.669. The van der Waals surface area contributed by atoms with Crippen molar-refractivity contribution in [3.8, 4) is 0 Å². The standard InChI is InChI=1S/C13H23NO/c1-10(2)7-11-9-14-6-4-3-5-12(14)8-13(11)15/h7,10,12-13,15H,3-6,8-9H2,1-2H3/b11-7+/t12-,13-/m0/s1. The van der Waals surface area contributed by atoms with Crippen LogP contribution in [0.25, 0.3) is 0 Å². The van der Waals surface area contributed by atoms with Gasteiger partial charge in [-0.1, -0.05) is 26.3 Å². The summed E-state index contributed by atoms with van der Waals surface area (Å²) in [6.45, 7) is 6.60. The molecule has 2 heteroatoms. The molecule has 2 aliphatic rings. The van der Waals surface area contributed by atoms with Gasteiger partial charge < -0.3 is 5.11 Å². The zero-order chi connectivity index (χ0) is 10.8. The molecule has 0 spiro atoms. The van der Waals surface area contributed by atoms with E-state index in [-0.39, 0.29) is 6.10 Å². The largest absolute Gasteiger partial charge is 0.389 e. The molecule has 0 saturated carbocycles. The minimum absolute atomic E-state index is 0.174. The van der Waals surface area contributed by atoms with Crippen LogP contribution in [0.1, 0.15) is 39.5 Å². The second kappa shape index (κ2) is 4.67. The van der Waals surface area contributed by atoms with E-state index in [4.69, 9.17) is 0 Å². The van der Waals surface area contributed by atoms with Gasteiger partial charge in [0.2, 0.25) is 0 Å². The summed E-state index contributed by atoms with van der Waals surface area (Å²) in [5.41, 5.74) is 1.25. The molecule has 0 bridgehead atoms. The maximum absolute atomic E-state index is 10.1. The highest BCUT2D eigenvalue weighted by molar-refractivity contribution is 5.15. The highest BCUT2D eigenvalue weighted by Crippen LogP contribution is 2.29. The third-order valence-corrected chi connectivity index (χ3v) is 3.61. The van der Waals surface area contributed by atoms with Gasteiger partial charge in [-0.25, -0.2) is 0 Å². The monoisotopic (exact) mass is 209 g/mol. The summed E-state index contributed by atoms with van der Waals surface area (Å²) in [7, 11) is 0. The van der Waals surface area contributed by atoms with E-state index >= 15 is 0 Å². The lowest BCUT2D eigenvalue weighted by molar-refractivity contribution is 0.0612. The first kappa shape index (κ1) is 11.2. The van der Waals surface area contributed by atoms with Gasteiger partial charge in [-0.2, -0.15) is 0 Å². The molecule has 2 fully saturated rings. The lowest BCUT2D eigenvalue weighted by Crippen LogP contribution is -2.48. The van der Waals surface area contributed by atoms with Gasteiger partial charge in [-0.15, -0.1) is 0 Å². The van der Waals surface area contributed by atoms with Gasteiger partial charge in [-0.3, -0.25) is 4.90 Å². The van der Waals surface area contributed by atoms with Gasteiger partial charge in [0.05, 0.1) is 6.10 Å². The molecule has 0 amide bonds. The normalized spacial score (nSPS) is 35.9. The van der Waals surface area contributed by atoms with Crippen molar-refractivity contribution in [2.45, 2.75) is 51.7 Å². The Labute approximate surface area is 93.0 Å². The third kappa shape index (κ3) is 2.61. The van der Waals surface area contributed by atoms with Gasteiger partial charge in [0.1, 0.15) is 0 Å². The Morgan fingerprint density at radius 3 is 2.93 bits per heavy atom. The van der Waals surface area contributed by atoms with Crippen LogP contribution in [0.4, 0.5) is 0 Å². The smallest absolute Gasteiger partial charge is 0.0777 e. The van der Waals surface area contributed by atoms with Gasteiger partial charge in [0.15, 0.2) is 0 Å². The molecular formula is C13H23NO. The fourth-order valence-electron chi connectivity index (χ4n) is 2.88. The van der Waals surface area contributed by atoms with Gasteiger partial charge in [0.25, 0.3) is 0 Å². The molecule has 0 radical (unpaired) electrons. The zero-order valence-corrected chi connectivity index (χ0v) is 9.95. The zero-order valence-electron chi connectivity index (χ0n) is 9.95. The van der Waals surface area contributed by atoms with Crippen molar-refractivity contribution < 1.29 is 5.11 Å². The first-order chi connectivity index (χ1) is 7.16. The molecule has 2 nitrogen and oxygen atoms in total. The summed E-state index contributed by atoms with van der Waals surface area (Å²) in [6, 6.07) is 0.651. The minimum Gasteiger partial charge on any atom is -0.389 e. The van der Waals surface area contributed by atoms with Crippen molar-refractivity contribution in [1.82, 2.24) is 4.90 Å². The predicted octanol–water partition coefficient (Wildman–Crippen LogP) is 2.19. The van der Waals surface area contributed by atoms with Crippen molar-refractivity contribution in [1.29, 1.82) is 0 Å². The van der Waals surface area contributed by atoms with Crippen molar-refractivity contribution in [2.75, 3.05) is 13.1 Å². The van der Waals surface area contributed by atoms with Crippen LogP contribution in [0.5, 0.6) is 0 Å². The Morgan fingerprint density at radius 2 is 2.20 bits per heavy atom. The molecule has 2 saturated heterocycles. The minimum atomic E-state index is -0.174. The highest BCUT2D eigenvalue weighted by Gasteiger charge is 2.31. The molecule has 2 atom stereocenters. The number of rotatable bonds is 1. The number of aliphatic hydroxyl groups is 1. The summed E-state index contributed by atoms with van der Waals surface area (Å²) in [5, 5.41) is 10.1. The molecule has 0 aromatic rings. The van der Waals surface area contributed by atoms with E-state index in [9.17, 15) is 5.11 Å². The Morgan fingerprint density at radius 1 is 1.40 bits per heavy atom. The molecule has 2 rings (SSSR count). The summed E-state index contributed by atoms with van der Waals surface area (Å²) in [5.74, 6) is 0.552. The SMILES string of the molecule is CC(C)/C=C1\CN2CCCC[C@H]2C[C@@H]1O. The Kier molecular flexibility index (Phi) is 3.47. The van der Waals surface area contributed by atoms with Crippen LogP contribution in [0.3, 0.4) is 0 Å². The second-order valence-corrected chi connectivity index (χ2v) is 5.36. The van der Waals surface area contributed by atoms with E-state index in [1.165, 1.54) is 31.4 Å². The van der Waals surface area contributed by atoms with E-state index < -0.39 is 0 Å². The number of allylic oxidation sites excluding steroid dienone is 1. The first-order valence-corrected chi connectivity index (χ1v) is 6.29. The lowest BCUT2D eigenvalue weighted by atomic mass is 9.88. The average Bonchev–Trinajstić information content (AvgIpc) is 2.18. The van der Waals surface area contributed by atoms with Crippen LogP contribution in [-0.2, 0) is 0 Å². The summed E-state index contributed by atoms with van der Waals surface area (Å²) >= 11 is 0. The molecule has 2 heterocycles. The highest BCUT2D eigenvalue weighted by atomic mass is 16.3. The van der Waals surface area contributed by atoms with Crippen LogP contribution in [0.15, 0.2) is 11.6 Å². The van der Waals surface area contributed by atoms with E-state index in [1.807, 2.05) is 0 Å². The van der Waals surface area contributed by atoms with Crippen LogP contribution >= 0.6 is 0 Å². The molecule has 0 aromatic carbocycles. The second-order valence-electron chi connectivity index (χ2n) is 5.36. The molecule has 2 aliphatic heterocycles. The van der Waals surface area contributed by atoms with E-state index in [2.05, 4.69) is 24.8 Å². The van der Waals surface area contributed by atoms with Gasteiger partial charge in [-0.05, 0) is 37.3 Å². The topological polar surface area (TPSA) is 23.5 Å². The van der Waals surface area contributed by atoms with Crippen LogP contribution in [-0.4, -0.2) is 35.2 Å². The summed E-state index contributed by atoms with van der Waals surface area (Å²) < 4.78 is 0. The van der Waals surface area contributed by atoms with Crippen LogP contribution in [0, 0.1) is 5.92 Å². The van der Waals surface area contributed by atoms with Gasteiger partial charge >= 0.3 is 0 Å². The Balaban J connectivity index is 2.04. The molecule has 1 N–H and O–H groups in total. The third-order valence-electron chi connectivity index (χ3n) is 3.61. The van der Waals surface area contributed by atoms with Crippen molar-refractivity contribution in [3.05, 3.63) is 11.6 Å². The summed E-state index contributed by atoms with van der Waals surface area (Å²) in [4.78, 5) is 2.56. The molecule has 0 aromatic heterocycles. The maximum atomic E-state index is 10.1. The molecule has 0 aliphatic carbocycles. The number of hydrogen-bond acceptors (Lipinski definition) is 2. The Hall–Kier alpha value is -0.340. The van der Waals surface area contributed by atoms with Crippen molar-refractivity contribution >= 4 is 0 Å². The van der Waals surface area contributed by atoms with E-state index in [1.54, 1.807) is 0 Å². The number of nitrogens with zero attached hydrogens (tertiary/aromatic N) is 1. The molecule has 0 unspecified atom stereocenters. The van der Waals surface area contributed by atoms with Crippen molar-refractivity contribution in [2.24, 2.45) is 5.92 Å². The number of fused-ring (bicyclic) bond motifs is 1. The maximum Gasteiger partial charge on any atom is 0.0777 e. The Bertz CT molecular complexity index is 247. The molecular weight excluding hydrogens is 186 g/mol. The van der Waals surface area contributed by atoms with E-state index in [0.717, 1.165) is 13.0 Å². The number of aliphatic hydroxyl groups excluding tert-OH is 1. The molecule has 86 valence electrons. The van der Waals surface area contributed by atoms with Crippen LogP contribution in [0.2, 0.25) is 0 Å². The van der Waals surface area contributed by atoms with Gasteiger partial charge in [0, 0.05) is 12.6 Å². The fraction of sp³-hybridized carbons (Fsp3) is 0.846.